The Bertz CT molecular complexity index is 534. The summed E-state index contributed by atoms with van der Waals surface area (Å²) in [6, 6.07) is 0.376. The van der Waals surface area contributed by atoms with Gasteiger partial charge >= 0.3 is 0 Å². The minimum atomic E-state index is 0.376. The van der Waals surface area contributed by atoms with Crippen molar-refractivity contribution >= 4 is 40.2 Å². The van der Waals surface area contributed by atoms with E-state index in [1.807, 2.05) is 34.8 Å². The molecule has 0 radical (unpaired) electrons. The first-order chi connectivity index (χ1) is 8.69. The van der Waals surface area contributed by atoms with E-state index in [1.54, 1.807) is 11.3 Å². The van der Waals surface area contributed by atoms with Crippen LogP contribution in [0.25, 0.3) is 4.96 Å². The maximum atomic E-state index is 11.3. The largest absolute Gasteiger partial charge is 0.355 e. The van der Waals surface area contributed by atoms with E-state index < -0.39 is 0 Å². The summed E-state index contributed by atoms with van der Waals surface area (Å²) in [5.74, 6) is 1.90. The Kier molecular flexibility index (Phi) is 4.29. The van der Waals surface area contributed by atoms with Crippen molar-refractivity contribution < 1.29 is 4.79 Å². The minimum Gasteiger partial charge on any atom is -0.355 e. The maximum absolute atomic E-state index is 11.3. The number of rotatable bonds is 6. The minimum absolute atomic E-state index is 0.376. The summed E-state index contributed by atoms with van der Waals surface area (Å²) < 4.78 is 1.85. The van der Waals surface area contributed by atoms with Crippen molar-refractivity contribution in [1.29, 1.82) is 0 Å². The number of carbonyl (C=O) groups excluding carboxylic acids is 1. The second kappa shape index (κ2) is 5.75. The van der Waals surface area contributed by atoms with Gasteiger partial charge < -0.3 is 4.90 Å². The highest BCUT2D eigenvalue weighted by Gasteiger charge is 2.19. The molecule has 1 atom stereocenters. The number of carbonyl (C=O) groups is 1. The standard InChI is InChI=1S/C12H17N3OS2/c1-9(4-6-17-3)14(2)11-10(8-16)15-5-7-18-12(15)13-11/h5,7-9H,4,6H2,1-3H3. The number of imidazole rings is 1. The lowest BCUT2D eigenvalue weighted by molar-refractivity contribution is 0.111. The summed E-state index contributed by atoms with van der Waals surface area (Å²) in [4.78, 5) is 18.8. The number of nitrogens with zero attached hydrogens (tertiary/aromatic N) is 3. The van der Waals surface area contributed by atoms with Crippen LogP contribution in [0.15, 0.2) is 11.6 Å². The van der Waals surface area contributed by atoms with Crippen LogP contribution in [0, 0.1) is 0 Å². The SMILES string of the molecule is CSCCC(C)N(C)c1nc2sccn2c1C=O. The summed E-state index contributed by atoms with van der Waals surface area (Å²) >= 11 is 3.39. The van der Waals surface area contributed by atoms with Crippen molar-refractivity contribution in [2.75, 3.05) is 24.0 Å². The van der Waals surface area contributed by atoms with E-state index in [2.05, 4.69) is 23.1 Å². The summed E-state index contributed by atoms with van der Waals surface area (Å²) in [6.07, 6.45) is 5.97. The maximum Gasteiger partial charge on any atom is 0.196 e. The Hall–Kier alpha value is -1.01. The van der Waals surface area contributed by atoms with Gasteiger partial charge in [-0.05, 0) is 25.4 Å². The number of hydrogen-bond acceptors (Lipinski definition) is 5. The summed E-state index contributed by atoms with van der Waals surface area (Å²) in [5.41, 5.74) is 0.643. The lowest BCUT2D eigenvalue weighted by atomic mass is 10.2. The molecule has 2 rings (SSSR count). The number of aldehydes is 1. The highest BCUT2D eigenvalue weighted by Crippen LogP contribution is 2.24. The molecule has 0 N–H and O–H groups in total. The first-order valence-electron chi connectivity index (χ1n) is 5.81. The van der Waals surface area contributed by atoms with Gasteiger partial charge in [0, 0.05) is 24.7 Å². The Morgan fingerprint density at radius 3 is 3.11 bits per heavy atom. The lowest BCUT2D eigenvalue weighted by Crippen LogP contribution is -2.30. The highest BCUT2D eigenvalue weighted by atomic mass is 32.2. The Morgan fingerprint density at radius 1 is 1.67 bits per heavy atom. The van der Waals surface area contributed by atoms with Crippen molar-refractivity contribution in [2.24, 2.45) is 0 Å². The van der Waals surface area contributed by atoms with E-state index in [4.69, 9.17) is 0 Å². The average Bonchev–Trinajstić information content (AvgIpc) is 2.94. The third kappa shape index (κ3) is 2.40. The van der Waals surface area contributed by atoms with Crippen LogP contribution >= 0.6 is 23.1 Å². The normalized spacial score (nSPS) is 12.8. The molecule has 18 heavy (non-hydrogen) atoms. The van der Waals surface area contributed by atoms with E-state index in [9.17, 15) is 4.79 Å². The molecule has 1 unspecified atom stereocenters. The third-order valence-electron chi connectivity index (χ3n) is 3.13. The zero-order valence-corrected chi connectivity index (χ0v) is 12.4. The van der Waals surface area contributed by atoms with Crippen LogP contribution in [0.2, 0.25) is 0 Å². The predicted molar refractivity (Wildman–Crippen MR) is 79.3 cm³/mol. The fourth-order valence-corrected chi connectivity index (χ4v) is 3.14. The van der Waals surface area contributed by atoms with Gasteiger partial charge in [-0.25, -0.2) is 4.98 Å². The lowest BCUT2D eigenvalue weighted by Gasteiger charge is -2.25. The summed E-state index contributed by atoms with van der Waals surface area (Å²) in [7, 11) is 2.00. The van der Waals surface area contributed by atoms with E-state index in [0.717, 1.165) is 29.2 Å². The fraction of sp³-hybridized carbons (Fsp3) is 0.500. The monoisotopic (exact) mass is 283 g/mol. The molecule has 0 aromatic carbocycles. The molecule has 0 aliphatic rings. The first kappa shape index (κ1) is 13.4. The topological polar surface area (TPSA) is 37.6 Å². The molecule has 0 amide bonds. The van der Waals surface area contributed by atoms with Crippen LogP contribution < -0.4 is 4.90 Å². The number of thioether (sulfide) groups is 1. The number of thiazole rings is 1. The second-order valence-electron chi connectivity index (χ2n) is 4.24. The van der Waals surface area contributed by atoms with Gasteiger partial charge in [0.1, 0.15) is 5.69 Å². The van der Waals surface area contributed by atoms with E-state index >= 15 is 0 Å². The van der Waals surface area contributed by atoms with Gasteiger partial charge in [-0.2, -0.15) is 11.8 Å². The molecule has 0 aliphatic heterocycles. The number of aromatic nitrogens is 2. The Labute approximate surface area is 115 Å². The molecule has 2 aromatic heterocycles. The van der Waals surface area contributed by atoms with Crippen LogP contribution in [-0.4, -0.2) is 40.8 Å². The molecule has 0 saturated carbocycles. The number of fused-ring (bicyclic) bond motifs is 1. The van der Waals surface area contributed by atoms with E-state index in [0.29, 0.717) is 11.7 Å². The quantitative estimate of drug-likeness (QED) is 0.764. The zero-order chi connectivity index (χ0) is 13.1. The molecular weight excluding hydrogens is 266 g/mol. The predicted octanol–water partition coefficient (Wildman–Crippen LogP) is 2.79. The van der Waals surface area contributed by atoms with Crippen molar-refractivity contribution in [2.45, 2.75) is 19.4 Å². The van der Waals surface area contributed by atoms with Crippen molar-refractivity contribution in [1.82, 2.24) is 9.38 Å². The molecule has 0 spiro atoms. The van der Waals surface area contributed by atoms with Crippen LogP contribution in [0.5, 0.6) is 0 Å². The van der Waals surface area contributed by atoms with Gasteiger partial charge in [0.25, 0.3) is 0 Å². The summed E-state index contributed by atoms with van der Waals surface area (Å²) in [5, 5.41) is 1.94. The molecule has 0 bridgehead atoms. The molecule has 6 heteroatoms. The molecule has 2 heterocycles. The average molecular weight is 283 g/mol. The fourth-order valence-electron chi connectivity index (χ4n) is 1.85. The van der Waals surface area contributed by atoms with Gasteiger partial charge in [0.15, 0.2) is 17.1 Å². The van der Waals surface area contributed by atoms with E-state index in [-0.39, 0.29) is 0 Å². The molecule has 0 saturated heterocycles. The van der Waals surface area contributed by atoms with Gasteiger partial charge in [-0.3, -0.25) is 9.20 Å². The highest BCUT2D eigenvalue weighted by molar-refractivity contribution is 7.98. The smallest absolute Gasteiger partial charge is 0.196 e. The molecule has 4 nitrogen and oxygen atoms in total. The number of hydrogen-bond donors (Lipinski definition) is 0. The molecule has 0 aliphatic carbocycles. The van der Waals surface area contributed by atoms with Crippen LogP contribution in [0.1, 0.15) is 23.8 Å². The molecule has 2 aromatic rings. The molecule has 98 valence electrons. The summed E-state index contributed by atoms with van der Waals surface area (Å²) in [6.45, 7) is 2.16. The van der Waals surface area contributed by atoms with E-state index in [1.165, 1.54) is 0 Å². The third-order valence-corrected chi connectivity index (χ3v) is 4.53. The second-order valence-corrected chi connectivity index (χ2v) is 6.09. The Balaban J connectivity index is 2.28. The van der Waals surface area contributed by atoms with Crippen molar-refractivity contribution in [3.8, 4) is 0 Å². The molecular formula is C12H17N3OS2. The Morgan fingerprint density at radius 2 is 2.44 bits per heavy atom. The van der Waals surface area contributed by atoms with Crippen LogP contribution in [0.4, 0.5) is 5.82 Å². The van der Waals surface area contributed by atoms with Crippen LogP contribution in [-0.2, 0) is 0 Å². The first-order valence-corrected chi connectivity index (χ1v) is 8.09. The van der Waals surface area contributed by atoms with Crippen molar-refractivity contribution in [3.05, 3.63) is 17.3 Å². The molecule has 0 fully saturated rings. The van der Waals surface area contributed by atoms with Crippen molar-refractivity contribution in [3.63, 3.8) is 0 Å². The van der Waals surface area contributed by atoms with Gasteiger partial charge in [-0.1, -0.05) is 0 Å². The van der Waals surface area contributed by atoms with Gasteiger partial charge in [-0.15, -0.1) is 11.3 Å². The van der Waals surface area contributed by atoms with Gasteiger partial charge in [0.2, 0.25) is 0 Å². The van der Waals surface area contributed by atoms with Crippen LogP contribution in [0.3, 0.4) is 0 Å². The zero-order valence-electron chi connectivity index (χ0n) is 10.8. The van der Waals surface area contributed by atoms with Gasteiger partial charge in [0.05, 0.1) is 0 Å². The number of anilines is 1.